The van der Waals surface area contributed by atoms with Gasteiger partial charge in [-0.15, -0.1) is 0 Å². The molecule has 2 rings (SSSR count). The first-order valence-electron chi connectivity index (χ1n) is 4.49. The first kappa shape index (κ1) is 10.2. The van der Waals surface area contributed by atoms with Crippen LogP contribution in [0.3, 0.4) is 0 Å². The molecule has 2 aliphatic rings. The largest absolute Gasteiger partial charge is 0.314 e. The summed E-state index contributed by atoms with van der Waals surface area (Å²) in [5.74, 6) is -1.66. The first-order valence-corrected chi connectivity index (χ1v) is 4.90. The fraction of sp³-hybridized carbons (Fsp3) is 0.200. The molecule has 0 fully saturated rings. The number of halogens is 2. The number of nitrogens with one attached hydrogen (secondary N) is 1. The standard InChI is InChI=1S/C10H8F2N2S/c1-2-5-3-6-4-7(11)8(12)13-9(6)14-10(5)15/h3-4H,2H2,1H3,(H,13,14,15). The normalized spacial score (nSPS) is 10.9. The summed E-state index contributed by atoms with van der Waals surface area (Å²) in [5.41, 5.74) is 1.39. The van der Waals surface area contributed by atoms with Gasteiger partial charge in [0.2, 0.25) is 5.95 Å². The van der Waals surface area contributed by atoms with Crippen molar-refractivity contribution < 1.29 is 8.78 Å². The van der Waals surface area contributed by atoms with Crippen LogP contribution in [0.4, 0.5) is 8.78 Å². The van der Waals surface area contributed by atoms with Gasteiger partial charge in [0.25, 0.3) is 0 Å². The highest BCUT2D eigenvalue weighted by Gasteiger charge is 2.11. The lowest BCUT2D eigenvalue weighted by molar-refractivity contribution is 0.479. The minimum absolute atomic E-state index is 0.274. The van der Waals surface area contributed by atoms with Crippen molar-refractivity contribution in [3.63, 3.8) is 0 Å². The Bertz CT molecular complexity index is 536. The summed E-state index contributed by atoms with van der Waals surface area (Å²) in [7, 11) is 0. The summed E-state index contributed by atoms with van der Waals surface area (Å²) in [5, 5.41) is 0. The lowest BCUT2D eigenvalue weighted by Crippen LogP contribution is -2.00. The second-order valence-electron chi connectivity index (χ2n) is 3.18. The van der Waals surface area contributed by atoms with Crippen molar-refractivity contribution in [2.24, 2.45) is 0 Å². The fourth-order valence-corrected chi connectivity index (χ4v) is 1.68. The first-order chi connectivity index (χ1) is 7.11. The third-order valence-electron chi connectivity index (χ3n) is 2.19. The SMILES string of the molecule is CCc1cc2cc(F)c(F)[nH]c-2nc1=S. The van der Waals surface area contributed by atoms with Crippen LogP contribution in [0.1, 0.15) is 12.5 Å². The lowest BCUT2D eigenvalue weighted by atomic mass is 10.1. The predicted octanol–water partition coefficient (Wildman–Crippen LogP) is 3.08. The molecule has 0 aliphatic carbocycles. The number of hydrogen-bond donors (Lipinski definition) is 1. The minimum Gasteiger partial charge on any atom is -0.314 e. The minimum atomic E-state index is -1.02. The number of pyridine rings is 2. The van der Waals surface area contributed by atoms with E-state index in [2.05, 4.69) is 9.97 Å². The molecular weight excluding hydrogens is 218 g/mol. The molecule has 0 spiro atoms. The number of fused-ring (bicyclic) bond motifs is 1. The zero-order valence-electron chi connectivity index (χ0n) is 7.97. The van der Waals surface area contributed by atoms with Gasteiger partial charge in [0.15, 0.2) is 5.82 Å². The van der Waals surface area contributed by atoms with Crippen LogP contribution in [-0.4, -0.2) is 9.97 Å². The molecule has 2 aliphatic heterocycles. The molecule has 0 unspecified atom stereocenters. The summed E-state index contributed by atoms with van der Waals surface area (Å²) in [4.78, 5) is 6.23. The monoisotopic (exact) mass is 226 g/mol. The van der Waals surface area contributed by atoms with E-state index < -0.39 is 11.8 Å². The van der Waals surface area contributed by atoms with Gasteiger partial charge >= 0.3 is 0 Å². The second kappa shape index (κ2) is 3.66. The van der Waals surface area contributed by atoms with Crippen molar-refractivity contribution in [2.45, 2.75) is 13.3 Å². The third kappa shape index (κ3) is 1.74. The smallest absolute Gasteiger partial charge is 0.228 e. The Morgan fingerprint density at radius 3 is 2.80 bits per heavy atom. The van der Waals surface area contributed by atoms with Crippen LogP contribution < -0.4 is 0 Å². The molecule has 2 nitrogen and oxygen atoms in total. The van der Waals surface area contributed by atoms with E-state index in [1.54, 1.807) is 6.07 Å². The van der Waals surface area contributed by atoms with E-state index in [9.17, 15) is 8.78 Å². The molecule has 0 saturated carbocycles. The molecule has 0 aromatic rings. The van der Waals surface area contributed by atoms with Gasteiger partial charge in [-0.05, 0) is 24.1 Å². The molecule has 1 N–H and O–H groups in total. The Labute approximate surface area is 90.3 Å². The van der Waals surface area contributed by atoms with Crippen LogP contribution in [0.25, 0.3) is 11.4 Å². The number of aromatic nitrogens is 2. The van der Waals surface area contributed by atoms with Crippen LogP contribution in [0.5, 0.6) is 0 Å². The molecule has 0 atom stereocenters. The van der Waals surface area contributed by atoms with E-state index in [4.69, 9.17) is 12.2 Å². The average Bonchev–Trinajstić information content (AvgIpc) is 2.20. The van der Waals surface area contributed by atoms with Crippen molar-refractivity contribution in [1.29, 1.82) is 0 Å². The van der Waals surface area contributed by atoms with Gasteiger partial charge in [0.1, 0.15) is 10.5 Å². The molecule has 0 aromatic carbocycles. The van der Waals surface area contributed by atoms with Crippen molar-refractivity contribution in [2.75, 3.05) is 0 Å². The molecule has 78 valence electrons. The van der Waals surface area contributed by atoms with E-state index in [0.717, 1.165) is 18.1 Å². The topological polar surface area (TPSA) is 28.7 Å². The van der Waals surface area contributed by atoms with E-state index in [-0.39, 0.29) is 5.82 Å². The van der Waals surface area contributed by atoms with Gasteiger partial charge < -0.3 is 4.98 Å². The second-order valence-corrected chi connectivity index (χ2v) is 3.56. The van der Waals surface area contributed by atoms with E-state index in [0.29, 0.717) is 10.2 Å². The van der Waals surface area contributed by atoms with Crippen molar-refractivity contribution >= 4 is 12.2 Å². The Balaban J connectivity index is 2.78. The number of rotatable bonds is 1. The maximum absolute atomic E-state index is 12.9. The number of H-pyrrole nitrogens is 1. The highest BCUT2D eigenvalue weighted by Crippen LogP contribution is 2.21. The molecule has 2 heterocycles. The van der Waals surface area contributed by atoms with Gasteiger partial charge in [-0.2, -0.15) is 4.39 Å². The molecule has 0 aromatic heterocycles. The molecule has 0 radical (unpaired) electrons. The third-order valence-corrected chi connectivity index (χ3v) is 2.55. The number of aryl methyl sites for hydroxylation is 1. The van der Waals surface area contributed by atoms with E-state index in [1.807, 2.05) is 6.92 Å². The molecule has 0 amide bonds. The number of nitrogens with zero attached hydrogens (tertiary/aromatic N) is 1. The van der Waals surface area contributed by atoms with Crippen molar-refractivity contribution in [3.8, 4) is 11.4 Å². The van der Waals surface area contributed by atoms with Crippen LogP contribution in [0, 0.1) is 16.4 Å². The van der Waals surface area contributed by atoms with Crippen LogP contribution in [0.15, 0.2) is 12.1 Å². The van der Waals surface area contributed by atoms with Crippen molar-refractivity contribution in [3.05, 3.63) is 34.1 Å². The summed E-state index contributed by atoms with van der Waals surface area (Å²) in [6.07, 6.45) is 0.723. The summed E-state index contributed by atoms with van der Waals surface area (Å²) in [6, 6.07) is 2.84. The van der Waals surface area contributed by atoms with Crippen molar-refractivity contribution in [1.82, 2.24) is 9.97 Å². The Morgan fingerprint density at radius 2 is 2.13 bits per heavy atom. The summed E-state index contributed by atoms with van der Waals surface area (Å²) in [6.45, 7) is 1.93. The highest BCUT2D eigenvalue weighted by molar-refractivity contribution is 7.71. The van der Waals surface area contributed by atoms with Crippen LogP contribution in [0.2, 0.25) is 0 Å². The molecule has 15 heavy (non-hydrogen) atoms. The molecular formula is C10H8F2N2S. The Hall–Kier alpha value is -1.36. The number of hydrogen-bond acceptors (Lipinski definition) is 2. The maximum Gasteiger partial charge on any atom is 0.228 e. The Kier molecular flexibility index (Phi) is 2.48. The highest BCUT2D eigenvalue weighted by atomic mass is 32.1. The van der Waals surface area contributed by atoms with Crippen LogP contribution in [-0.2, 0) is 6.42 Å². The molecule has 0 saturated heterocycles. The van der Waals surface area contributed by atoms with Gasteiger partial charge in [0.05, 0.1) is 0 Å². The van der Waals surface area contributed by atoms with E-state index >= 15 is 0 Å². The van der Waals surface area contributed by atoms with Crippen LogP contribution >= 0.6 is 12.2 Å². The van der Waals surface area contributed by atoms with Gasteiger partial charge in [0, 0.05) is 5.56 Å². The maximum atomic E-state index is 12.9. The zero-order valence-corrected chi connectivity index (χ0v) is 8.79. The Morgan fingerprint density at radius 1 is 1.40 bits per heavy atom. The molecule has 0 bridgehead atoms. The van der Waals surface area contributed by atoms with E-state index in [1.165, 1.54) is 0 Å². The number of aromatic amines is 1. The average molecular weight is 226 g/mol. The fourth-order valence-electron chi connectivity index (χ4n) is 1.38. The lowest BCUT2D eigenvalue weighted by Gasteiger charge is -2.07. The summed E-state index contributed by atoms with van der Waals surface area (Å²) >= 11 is 5.01. The van der Waals surface area contributed by atoms with Gasteiger partial charge in [-0.1, -0.05) is 19.1 Å². The predicted molar refractivity (Wildman–Crippen MR) is 55.3 cm³/mol. The summed E-state index contributed by atoms with van der Waals surface area (Å²) < 4.78 is 26.2. The van der Waals surface area contributed by atoms with Gasteiger partial charge in [-0.3, -0.25) is 0 Å². The zero-order chi connectivity index (χ0) is 11.0. The molecule has 5 heteroatoms. The quantitative estimate of drug-likeness (QED) is 0.598. The van der Waals surface area contributed by atoms with Gasteiger partial charge in [-0.25, -0.2) is 9.37 Å².